The van der Waals surface area contributed by atoms with E-state index in [1.807, 2.05) is 50.5 Å². The number of rotatable bonds is 13. The summed E-state index contributed by atoms with van der Waals surface area (Å²) in [6.07, 6.45) is 3.51. The summed E-state index contributed by atoms with van der Waals surface area (Å²) in [7, 11) is 0. The number of carbonyl (C=O) groups excluding carboxylic acids is 3. The first-order chi connectivity index (χ1) is 14.2. The van der Waals surface area contributed by atoms with Crippen LogP contribution in [0.15, 0.2) is 30.3 Å². The summed E-state index contributed by atoms with van der Waals surface area (Å²) in [5, 5.41) is 15.1. The highest BCUT2D eigenvalue weighted by atomic mass is 16.2. The van der Waals surface area contributed by atoms with Crippen molar-refractivity contribution in [1.29, 1.82) is 5.41 Å². The minimum absolute atomic E-state index is 0.140. The molecule has 0 saturated carbocycles. The van der Waals surface area contributed by atoms with E-state index in [9.17, 15) is 14.4 Å². The van der Waals surface area contributed by atoms with Gasteiger partial charge in [-0.3, -0.25) is 19.8 Å². The molecule has 1 radical (unpaired) electrons. The predicted octanol–water partition coefficient (Wildman–Crippen LogP) is -0.0549. The predicted molar refractivity (Wildman–Crippen MR) is 116 cm³/mol. The van der Waals surface area contributed by atoms with Crippen molar-refractivity contribution in [3.05, 3.63) is 35.9 Å². The second-order valence-corrected chi connectivity index (χ2v) is 7.65. The Labute approximate surface area is 177 Å². The number of nitrogens with two attached hydrogens (primary N) is 2. The third-order valence-corrected chi connectivity index (χ3v) is 4.43. The second kappa shape index (κ2) is 13.3. The molecule has 2 amide bonds. The number of benzene rings is 1. The summed E-state index contributed by atoms with van der Waals surface area (Å²) in [4.78, 5) is 36.5. The molecule has 9 nitrogen and oxygen atoms in total. The molecular formula is C21H33N6O3. The smallest absolute Gasteiger partial charge is 0.243 e. The Balaban J connectivity index is 2.65. The van der Waals surface area contributed by atoms with Crippen molar-refractivity contribution in [2.24, 2.45) is 17.4 Å². The molecule has 0 spiro atoms. The fraction of sp³-hybridized carbons (Fsp3) is 0.524. The van der Waals surface area contributed by atoms with Crippen molar-refractivity contribution in [1.82, 2.24) is 16.0 Å². The third-order valence-electron chi connectivity index (χ3n) is 4.43. The fourth-order valence-corrected chi connectivity index (χ4v) is 2.90. The zero-order valence-corrected chi connectivity index (χ0v) is 17.6. The van der Waals surface area contributed by atoms with Crippen LogP contribution in [-0.2, 0) is 20.8 Å². The average Bonchev–Trinajstić information content (AvgIpc) is 2.70. The number of nitrogens with one attached hydrogen (secondary N) is 4. The molecule has 165 valence electrons. The lowest BCUT2D eigenvalue weighted by molar-refractivity contribution is -0.130. The standard InChI is InChI=1S/C21H33N6O3/c1-14(2)11-18(27-19(29)17(22)9-6-10-25-21(23)24)20(30)26-16(13-28)12-15-7-4-3-5-8-15/h3-5,7-8,14,16-18H,6,9-12,22H2,1-2H3,(H,26,30)(H,27,29)(H4,23,24,25)/t16-,17-,18-/m0/s1. The molecule has 8 N–H and O–H groups in total. The van der Waals surface area contributed by atoms with Gasteiger partial charge in [0.2, 0.25) is 18.1 Å². The van der Waals surface area contributed by atoms with Crippen molar-refractivity contribution in [3.8, 4) is 0 Å². The molecule has 0 bridgehead atoms. The molecule has 0 aliphatic rings. The molecule has 1 aromatic carbocycles. The maximum absolute atomic E-state index is 12.7. The van der Waals surface area contributed by atoms with Crippen LogP contribution in [0.1, 0.15) is 38.7 Å². The van der Waals surface area contributed by atoms with Gasteiger partial charge in [0.05, 0.1) is 12.1 Å². The van der Waals surface area contributed by atoms with Crippen molar-refractivity contribution >= 4 is 24.1 Å². The number of amides is 2. The van der Waals surface area contributed by atoms with Crippen LogP contribution < -0.4 is 27.4 Å². The van der Waals surface area contributed by atoms with E-state index in [-0.39, 0.29) is 11.9 Å². The molecule has 0 aliphatic heterocycles. The van der Waals surface area contributed by atoms with E-state index in [1.54, 1.807) is 0 Å². The molecule has 3 atom stereocenters. The molecule has 30 heavy (non-hydrogen) atoms. The first kappa shape index (κ1) is 25.1. The first-order valence-corrected chi connectivity index (χ1v) is 10.1. The number of carbonyl (C=O) groups is 2. The normalized spacial score (nSPS) is 13.7. The van der Waals surface area contributed by atoms with E-state index >= 15 is 0 Å². The molecule has 0 aromatic heterocycles. The van der Waals surface area contributed by atoms with Gasteiger partial charge >= 0.3 is 0 Å². The van der Waals surface area contributed by atoms with Gasteiger partial charge < -0.3 is 27.4 Å². The monoisotopic (exact) mass is 417 g/mol. The Morgan fingerprint density at radius 2 is 1.80 bits per heavy atom. The highest BCUT2D eigenvalue weighted by molar-refractivity contribution is 5.90. The summed E-state index contributed by atoms with van der Waals surface area (Å²) in [5.41, 5.74) is 12.0. The van der Waals surface area contributed by atoms with Crippen LogP contribution in [0.4, 0.5) is 0 Å². The molecule has 0 saturated heterocycles. The van der Waals surface area contributed by atoms with Gasteiger partial charge in [0.1, 0.15) is 6.04 Å². The summed E-state index contributed by atoms with van der Waals surface area (Å²) >= 11 is 0. The van der Waals surface area contributed by atoms with Gasteiger partial charge in [0.15, 0.2) is 5.96 Å². The number of guanidine groups is 1. The van der Waals surface area contributed by atoms with E-state index in [0.29, 0.717) is 32.2 Å². The second-order valence-electron chi connectivity index (χ2n) is 7.65. The van der Waals surface area contributed by atoms with Crippen LogP contribution in [0.5, 0.6) is 0 Å². The molecule has 1 rings (SSSR count). The zero-order chi connectivity index (χ0) is 22.5. The van der Waals surface area contributed by atoms with E-state index in [1.165, 1.54) is 0 Å². The molecular weight excluding hydrogens is 384 g/mol. The molecule has 0 aliphatic carbocycles. The quantitative estimate of drug-likeness (QED) is 0.150. The lowest BCUT2D eigenvalue weighted by Crippen LogP contribution is -2.54. The number of hydrogen-bond donors (Lipinski definition) is 6. The summed E-state index contributed by atoms with van der Waals surface area (Å²) in [5.74, 6) is -0.872. The molecule has 0 fully saturated rings. The van der Waals surface area contributed by atoms with Gasteiger partial charge in [-0.25, -0.2) is 0 Å². The average molecular weight is 418 g/mol. The van der Waals surface area contributed by atoms with Crippen LogP contribution in [0.25, 0.3) is 0 Å². The van der Waals surface area contributed by atoms with Gasteiger partial charge in [-0.2, -0.15) is 0 Å². The van der Waals surface area contributed by atoms with Gasteiger partial charge in [-0.1, -0.05) is 44.2 Å². The SMILES string of the molecule is CC(C)C[C@H](NC(=O)[C@@H](N)CCCNC(=N)N)C(=O)N[C@H]([C]=O)Cc1ccccc1. The van der Waals surface area contributed by atoms with Gasteiger partial charge in [0, 0.05) is 13.0 Å². The Kier molecular flexibility index (Phi) is 11.1. The van der Waals surface area contributed by atoms with Crippen LogP contribution >= 0.6 is 0 Å². The maximum atomic E-state index is 12.7. The highest BCUT2D eigenvalue weighted by Gasteiger charge is 2.26. The van der Waals surface area contributed by atoms with Crippen molar-refractivity contribution < 1.29 is 14.4 Å². The zero-order valence-electron chi connectivity index (χ0n) is 17.6. The van der Waals surface area contributed by atoms with Crippen LogP contribution in [-0.4, -0.2) is 48.7 Å². The Hall–Kier alpha value is -2.94. The molecule has 9 heteroatoms. The summed E-state index contributed by atoms with van der Waals surface area (Å²) in [6, 6.07) is 6.91. The van der Waals surface area contributed by atoms with Gasteiger partial charge in [-0.15, -0.1) is 0 Å². The largest absolute Gasteiger partial charge is 0.370 e. The van der Waals surface area contributed by atoms with Crippen LogP contribution in [0, 0.1) is 11.3 Å². The molecule has 0 unspecified atom stereocenters. The van der Waals surface area contributed by atoms with Gasteiger partial charge in [0.25, 0.3) is 0 Å². The van der Waals surface area contributed by atoms with E-state index in [4.69, 9.17) is 16.9 Å². The van der Waals surface area contributed by atoms with E-state index in [2.05, 4.69) is 16.0 Å². The number of hydrogen-bond acceptors (Lipinski definition) is 5. The van der Waals surface area contributed by atoms with E-state index < -0.39 is 29.9 Å². The van der Waals surface area contributed by atoms with Crippen LogP contribution in [0.3, 0.4) is 0 Å². The lowest BCUT2D eigenvalue weighted by atomic mass is 10.0. The van der Waals surface area contributed by atoms with Crippen LogP contribution in [0.2, 0.25) is 0 Å². The maximum Gasteiger partial charge on any atom is 0.243 e. The fourth-order valence-electron chi connectivity index (χ4n) is 2.90. The Bertz CT molecular complexity index is 695. The Morgan fingerprint density at radius 1 is 1.13 bits per heavy atom. The minimum atomic E-state index is -0.808. The summed E-state index contributed by atoms with van der Waals surface area (Å²) < 4.78 is 0. The van der Waals surface area contributed by atoms with Crippen molar-refractivity contribution in [3.63, 3.8) is 0 Å². The Morgan fingerprint density at radius 3 is 2.37 bits per heavy atom. The van der Waals surface area contributed by atoms with Crippen molar-refractivity contribution in [2.45, 2.75) is 57.7 Å². The topological polar surface area (TPSA) is 163 Å². The third kappa shape index (κ3) is 10.0. The molecule has 0 heterocycles. The summed E-state index contributed by atoms with van der Waals surface area (Å²) in [6.45, 7) is 4.31. The van der Waals surface area contributed by atoms with E-state index in [0.717, 1.165) is 5.56 Å². The minimum Gasteiger partial charge on any atom is -0.370 e. The van der Waals surface area contributed by atoms with Gasteiger partial charge in [-0.05, 0) is 30.7 Å². The highest BCUT2D eigenvalue weighted by Crippen LogP contribution is 2.08. The van der Waals surface area contributed by atoms with Crippen molar-refractivity contribution in [2.75, 3.05) is 6.54 Å². The first-order valence-electron chi connectivity index (χ1n) is 10.1. The lowest BCUT2D eigenvalue weighted by Gasteiger charge is -2.23. The molecule has 1 aromatic rings.